The number of carbonyl (C=O) groups excluding carboxylic acids is 1. The summed E-state index contributed by atoms with van der Waals surface area (Å²) in [6, 6.07) is 7.61. The number of amides is 1. The van der Waals surface area contributed by atoms with Gasteiger partial charge < -0.3 is 10.2 Å². The van der Waals surface area contributed by atoms with Crippen molar-refractivity contribution in [3.05, 3.63) is 41.7 Å². The molecule has 1 saturated heterocycles. The molecule has 1 aromatic heterocycles. The van der Waals surface area contributed by atoms with Crippen molar-refractivity contribution in [1.29, 1.82) is 0 Å². The van der Waals surface area contributed by atoms with E-state index in [-0.39, 0.29) is 5.91 Å². The number of nitrogens with zero attached hydrogens (tertiary/aromatic N) is 3. The second-order valence-electron chi connectivity index (χ2n) is 7.82. The summed E-state index contributed by atoms with van der Waals surface area (Å²) in [6.45, 7) is 6.45. The summed E-state index contributed by atoms with van der Waals surface area (Å²) in [6.07, 6.45) is 8.63. The summed E-state index contributed by atoms with van der Waals surface area (Å²) in [5.74, 6) is 0.518. The molecule has 27 heavy (non-hydrogen) atoms. The van der Waals surface area contributed by atoms with E-state index in [1.54, 1.807) is 6.20 Å². The Bertz CT molecular complexity index is 786. The molecule has 1 saturated carbocycles. The number of benzene rings is 1. The lowest BCUT2D eigenvalue weighted by Crippen LogP contribution is -2.45. The maximum Gasteiger partial charge on any atom is 0.230 e. The summed E-state index contributed by atoms with van der Waals surface area (Å²) in [7, 11) is 0. The van der Waals surface area contributed by atoms with E-state index in [0.717, 1.165) is 42.8 Å². The number of rotatable bonds is 6. The molecule has 6 heteroatoms. The van der Waals surface area contributed by atoms with Crippen molar-refractivity contribution in [3.63, 3.8) is 0 Å². The monoisotopic (exact) mass is 384 g/mol. The smallest absolute Gasteiger partial charge is 0.230 e. The number of imidazole rings is 1. The molecule has 0 spiro atoms. The van der Waals surface area contributed by atoms with Gasteiger partial charge in [0.15, 0.2) is 5.16 Å². The molecule has 2 heterocycles. The van der Waals surface area contributed by atoms with E-state index >= 15 is 0 Å². The number of aryl methyl sites for hydroxylation is 2. The predicted octanol–water partition coefficient (Wildman–Crippen LogP) is 3.32. The van der Waals surface area contributed by atoms with Crippen LogP contribution < -0.4 is 5.32 Å². The third kappa shape index (κ3) is 4.74. The van der Waals surface area contributed by atoms with Crippen molar-refractivity contribution in [2.45, 2.75) is 56.8 Å². The zero-order chi connectivity index (χ0) is 18.8. The lowest BCUT2D eigenvalue weighted by molar-refractivity contribution is -0.119. The Labute approximate surface area is 165 Å². The number of hydrogen-bond acceptors (Lipinski definition) is 4. The van der Waals surface area contributed by atoms with E-state index in [1.165, 1.54) is 35.7 Å². The van der Waals surface area contributed by atoms with E-state index in [1.807, 2.05) is 6.20 Å². The van der Waals surface area contributed by atoms with Crippen molar-refractivity contribution >= 4 is 17.7 Å². The minimum atomic E-state index is 0.111. The van der Waals surface area contributed by atoms with Gasteiger partial charge in [0.2, 0.25) is 5.91 Å². The van der Waals surface area contributed by atoms with Gasteiger partial charge in [-0.25, -0.2) is 4.98 Å². The number of carbonyl (C=O) groups is 1. The van der Waals surface area contributed by atoms with Crippen LogP contribution in [0.25, 0.3) is 5.69 Å². The van der Waals surface area contributed by atoms with Crippen LogP contribution in [0.4, 0.5) is 0 Å². The van der Waals surface area contributed by atoms with Crippen LogP contribution in [0.1, 0.15) is 36.8 Å². The third-order valence-electron chi connectivity index (χ3n) is 5.38. The first-order valence-corrected chi connectivity index (χ1v) is 10.9. The van der Waals surface area contributed by atoms with Crippen LogP contribution in [0, 0.1) is 13.8 Å². The van der Waals surface area contributed by atoms with Gasteiger partial charge in [-0.1, -0.05) is 17.8 Å². The fraction of sp³-hybridized carbons (Fsp3) is 0.524. The highest BCUT2D eigenvalue weighted by atomic mass is 32.2. The fourth-order valence-corrected chi connectivity index (χ4v) is 4.72. The van der Waals surface area contributed by atoms with Gasteiger partial charge in [-0.3, -0.25) is 9.36 Å². The van der Waals surface area contributed by atoms with Crippen LogP contribution in [0.3, 0.4) is 0 Å². The summed E-state index contributed by atoms with van der Waals surface area (Å²) in [4.78, 5) is 19.4. The van der Waals surface area contributed by atoms with Gasteiger partial charge in [-0.05, 0) is 62.8 Å². The lowest BCUT2D eigenvalue weighted by Gasteiger charge is -2.32. The molecule has 0 bridgehead atoms. The van der Waals surface area contributed by atoms with Crippen LogP contribution in [0.15, 0.2) is 35.7 Å². The Kier molecular flexibility index (Phi) is 5.55. The highest BCUT2D eigenvalue weighted by Crippen LogP contribution is 2.29. The van der Waals surface area contributed by atoms with E-state index in [0.29, 0.717) is 11.8 Å². The highest BCUT2D eigenvalue weighted by molar-refractivity contribution is 7.99. The molecule has 2 aromatic rings. The Morgan fingerprint density at radius 3 is 2.52 bits per heavy atom. The number of thioether (sulfide) groups is 1. The van der Waals surface area contributed by atoms with Crippen molar-refractivity contribution in [1.82, 2.24) is 19.8 Å². The lowest BCUT2D eigenvalue weighted by atomic mass is 10.1. The predicted molar refractivity (Wildman–Crippen MR) is 110 cm³/mol. The van der Waals surface area contributed by atoms with Gasteiger partial charge in [0.1, 0.15) is 0 Å². The average Bonchev–Trinajstić information content (AvgIpc) is 3.37. The van der Waals surface area contributed by atoms with Crippen LogP contribution in [-0.4, -0.2) is 51.3 Å². The van der Waals surface area contributed by atoms with Crippen LogP contribution >= 0.6 is 11.8 Å². The fourth-order valence-electron chi connectivity index (χ4n) is 3.93. The van der Waals surface area contributed by atoms with Crippen LogP contribution in [0.2, 0.25) is 0 Å². The normalized spacial score (nSPS) is 18.6. The summed E-state index contributed by atoms with van der Waals surface area (Å²) < 4.78 is 2.06. The molecule has 1 aliphatic heterocycles. The molecule has 0 unspecified atom stereocenters. The van der Waals surface area contributed by atoms with E-state index in [4.69, 9.17) is 0 Å². The maximum absolute atomic E-state index is 12.4. The quantitative estimate of drug-likeness (QED) is 0.776. The topological polar surface area (TPSA) is 50.2 Å². The molecule has 144 valence electrons. The number of likely N-dealkylation sites (tertiary alicyclic amines) is 1. The minimum Gasteiger partial charge on any atom is -0.353 e. The molecule has 0 radical (unpaired) electrons. The Morgan fingerprint density at radius 2 is 1.85 bits per heavy atom. The van der Waals surface area contributed by atoms with Crippen molar-refractivity contribution in [2.75, 3.05) is 18.8 Å². The molecule has 1 aliphatic carbocycles. The summed E-state index contributed by atoms with van der Waals surface area (Å²) >= 11 is 1.50. The molecule has 2 aliphatic rings. The van der Waals surface area contributed by atoms with Crippen molar-refractivity contribution in [2.24, 2.45) is 0 Å². The van der Waals surface area contributed by atoms with E-state index in [9.17, 15) is 4.79 Å². The first-order valence-electron chi connectivity index (χ1n) is 9.87. The zero-order valence-corrected chi connectivity index (χ0v) is 17.0. The highest BCUT2D eigenvalue weighted by Gasteiger charge is 2.32. The Balaban J connectivity index is 1.30. The van der Waals surface area contributed by atoms with Gasteiger partial charge in [-0.2, -0.15) is 0 Å². The average molecular weight is 385 g/mol. The summed E-state index contributed by atoms with van der Waals surface area (Å²) in [5.41, 5.74) is 3.55. The number of nitrogens with one attached hydrogen (secondary N) is 1. The van der Waals surface area contributed by atoms with Crippen molar-refractivity contribution < 1.29 is 4.79 Å². The molecular weight excluding hydrogens is 356 g/mol. The minimum absolute atomic E-state index is 0.111. The summed E-state index contributed by atoms with van der Waals surface area (Å²) in [5, 5.41) is 4.08. The molecule has 2 fully saturated rings. The third-order valence-corrected chi connectivity index (χ3v) is 6.35. The molecule has 4 rings (SSSR count). The largest absolute Gasteiger partial charge is 0.353 e. The SMILES string of the molecule is Cc1cc(C)cc(-n2ccnc2SCC(=O)NC2CCN(C3CC3)CC2)c1. The second kappa shape index (κ2) is 8.07. The van der Waals surface area contributed by atoms with Crippen molar-refractivity contribution in [3.8, 4) is 5.69 Å². The first kappa shape index (κ1) is 18.6. The zero-order valence-electron chi connectivity index (χ0n) is 16.1. The molecule has 1 aromatic carbocycles. The maximum atomic E-state index is 12.4. The second-order valence-corrected chi connectivity index (χ2v) is 8.77. The molecule has 1 N–H and O–H groups in total. The molecular formula is C21H28N4OS. The molecule has 1 amide bonds. The Morgan fingerprint density at radius 1 is 1.15 bits per heavy atom. The van der Waals surface area contributed by atoms with Gasteiger partial charge in [0.05, 0.1) is 5.75 Å². The van der Waals surface area contributed by atoms with E-state index < -0.39 is 0 Å². The number of hydrogen-bond donors (Lipinski definition) is 1. The van der Waals surface area contributed by atoms with E-state index in [2.05, 4.69) is 51.8 Å². The Hall–Kier alpha value is -1.79. The van der Waals surface area contributed by atoms with Gasteiger partial charge in [0, 0.05) is 43.3 Å². The molecule has 0 atom stereocenters. The van der Waals surface area contributed by atoms with Gasteiger partial charge in [-0.15, -0.1) is 0 Å². The van der Waals surface area contributed by atoms with Crippen LogP contribution in [0.5, 0.6) is 0 Å². The standard InChI is InChI=1S/C21H28N4OS/c1-15-11-16(2)13-19(12-15)25-10-7-22-21(25)27-14-20(26)23-17-5-8-24(9-6-17)18-3-4-18/h7,10-13,17-18H,3-6,8-9,14H2,1-2H3,(H,23,26). The molecule has 5 nitrogen and oxygen atoms in total. The number of aromatic nitrogens is 2. The van der Waals surface area contributed by atoms with Gasteiger partial charge in [0.25, 0.3) is 0 Å². The van der Waals surface area contributed by atoms with Crippen LogP contribution in [-0.2, 0) is 4.79 Å². The number of piperidine rings is 1. The van der Waals surface area contributed by atoms with Gasteiger partial charge >= 0.3 is 0 Å². The first-order chi connectivity index (χ1) is 13.1.